The quantitative estimate of drug-likeness (QED) is 0.528. The van der Waals surface area contributed by atoms with E-state index < -0.39 is 35.8 Å². The third kappa shape index (κ3) is 3.28. The van der Waals surface area contributed by atoms with Gasteiger partial charge in [-0.15, -0.1) is 13.2 Å². The number of nitrogens with zero attached hydrogens (tertiary/aromatic N) is 2. The molecule has 1 aromatic heterocycles. The summed E-state index contributed by atoms with van der Waals surface area (Å²) >= 11 is 0. The molecule has 0 aliphatic carbocycles. The van der Waals surface area contributed by atoms with Crippen LogP contribution in [0.25, 0.3) is 11.0 Å². The van der Waals surface area contributed by atoms with Crippen LogP contribution in [-0.2, 0) is 13.0 Å². The average Bonchev–Trinajstić information content (AvgIpc) is 2.93. The first-order chi connectivity index (χ1) is 13.1. The predicted octanol–water partition coefficient (Wildman–Crippen LogP) is 3.30. The number of fused-ring (bicyclic) bond motifs is 3. The minimum Gasteiger partial charge on any atom is -0.406 e. The van der Waals surface area contributed by atoms with Gasteiger partial charge in [-0.1, -0.05) is 0 Å². The van der Waals surface area contributed by atoms with Crippen LogP contribution >= 0.6 is 0 Å². The highest BCUT2D eigenvalue weighted by atomic mass is 19.4. The van der Waals surface area contributed by atoms with Gasteiger partial charge in [0.15, 0.2) is 11.6 Å². The van der Waals surface area contributed by atoms with Crippen LogP contribution in [0.1, 0.15) is 17.3 Å². The Labute approximate surface area is 154 Å². The van der Waals surface area contributed by atoms with E-state index in [4.69, 9.17) is 0 Å². The Morgan fingerprint density at radius 1 is 1.04 bits per heavy atom. The van der Waals surface area contributed by atoms with Crippen molar-refractivity contribution in [3.63, 3.8) is 0 Å². The van der Waals surface area contributed by atoms with E-state index in [9.17, 15) is 26.3 Å². The molecule has 4 nitrogen and oxygen atoms in total. The molecule has 0 fully saturated rings. The van der Waals surface area contributed by atoms with Gasteiger partial charge < -0.3 is 15.0 Å². The maximum absolute atomic E-state index is 14.2. The summed E-state index contributed by atoms with van der Waals surface area (Å²) in [5, 5.41) is 0. The lowest BCUT2D eigenvalue weighted by molar-refractivity contribution is -0.431. The highest BCUT2D eigenvalue weighted by Gasteiger charge is 2.35. The number of aromatic nitrogens is 2. The molecule has 28 heavy (non-hydrogen) atoms. The first-order valence-corrected chi connectivity index (χ1v) is 8.35. The predicted molar refractivity (Wildman–Crippen MR) is 85.9 cm³/mol. The van der Waals surface area contributed by atoms with Crippen molar-refractivity contribution < 1.29 is 36.8 Å². The lowest BCUT2D eigenvalue weighted by Gasteiger charge is -2.28. The smallest absolute Gasteiger partial charge is 0.406 e. The number of alkyl halides is 3. The molecule has 10 heteroatoms. The van der Waals surface area contributed by atoms with Crippen LogP contribution in [0, 0.1) is 17.5 Å². The first kappa shape index (κ1) is 18.6. The summed E-state index contributed by atoms with van der Waals surface area (Å²) in [5.74, 6) is -3.74. The fourth-order valence-electron chi connectivity index (χ4n) is 3.62. The zero-order chi connectivity index (χ0) is 20.2. The molecule has 2 heterocycles. The Morgan fingerprint density at radius 3 is 2.46 bits per heavy atom. The molecular formula is C18H14F6N3O+. The molecule has 148 valence electrons. The summed E-state index contributed by atoms with van der Waals surface area (Å²) in [6, 6.07) is 4.66. The molecule has 0 saturated carbocycles. The molecule has 0 unspecified atom stereocenters. The molecule has 0 amide bonds. The highest BCUT2D eigenvalue weighted by Crippen LogP contribution is 2.34. The standard InChI is InChI=1S/C18H13F6N3O/c19-11-6-13(21)12(20)4-9(11)10-5-17-26-15-2-1-8(28-18(22,23)24)3-16(15)27(17)7-14(10)25/h1-4,6,10,14H,5,7,25H2/p+1/t10-,14+/m1/s1. The van der Waals surface area contributed by atoms with E-state index >= 15 is 0 Å². The van der Waals surface area contributed by atoms with E-state index in [-0.39, 0.29) is 24.3 Å². The molecule has 0 bridgehead atoms. The summed E-state index contributed by atoms with van der Waals surface area (Å²) in [6.07, 6.45) is -4.64. The number of rotatable bonds is 2. The van der Waals surface area contributed by atoms with Crippen LogP contribution in [0.4, 0.5) is 26.3 Å². The number of imidazole rings is 1. The number of hydrogen-bond donors (Lipinski definition) is 1. The molecular weight excluding hydrogens is 388 g/mol. The molecule has 3 aromatic rings. The van der Waals surface area contributed by atoms with Crippen molar-refractivity contribution in [2.75, 3.05) is 0 Å². The van der Waals surface area contributed by atoms with E-state index in [1.165, 1.54) is 12.1 Å². The maximum atomic E-state index is 14.2. The summed E-state index contributed by atoms with van der Waals surface area (Å²) in [5.41, 5.74) is 4.84. The molecule has 0 spiro atoms. The van der Waals surface area contributed by atoms with Gasteiger partial charge in [-0.2, -0.15) is 0 Å². The van der Waals surface area contributed by atoms with Crippen LogP contribution in [0.5, 0.6) is 5.75 Å². The summed E-state index contributed by atoms with van der Waals surface area (Å²) in [7, 11) is 0. The van der Waals surface area contributed by atoms with Crippen LogP contribution in [0.3, 0.4) is 0 Å². The van der Waals surface area contributed by atoms with Gasteiger partial charge in [-0.3, -0.25) is 0 Å². The van der Waals surface area contributed by atoms with Gasteiger partial charge in [0.2, 0.25) is 0 Å². The number of hydrogen-bond acceptors (Lipinski definition) is 2. The average molecular weight is 402 g/mol. The van der Waals surface area contributed by atoms with Crippen molar-refractivity contribution in [3.8, 4) is 5.75 Å². The maximum Gasteiger partial charge on any atom is 0.573 e. The third-order valence-corrected chi connectivity index (χ3v) is 4.86. The van der Waals surface area contributed by atoms with Crippen LogP contribution < -0.4 is 10.5 Å². The van der Waals surface area contributed by atoms with Crippen molar-refractivity contribution in [2.45, 2.75) is 31.3 Å². The van der Waals surface area contributed by atoms with Crippen molar-refractivity contribution in [3.05, 3.63) is 59.2 Å². The molecule has 2 atom stereocenters. The summed E-state index contributed by atoms with van der Waals surface area (Å²) < 4.78 is 84.0. The Bertz CT molecular complexity index is 1060. The summed E-state index contributed by atoms with van der Waals surface area (Å²) in [4.78, 5) is 4.38. The second-order valence-corrected chi connectivity index (χ2v) is 6.70. The Morgan fingerprint density at radius 2 is 1.75 bits per heavy atom. The Kier molecular flexibility index (Phi) is 4.25. The molecule has 0 saturated heterocycles. The zero-order valence-electron chi connectivity index (χ0n) is 14.2. The molecule has 1 aliphatic rings. The fourth-order valence-corrected chi connectivity index (χ4v) is 3.62. The normalized spacial score (nSPS) is 19.7. The summed E-state index contributed by atoms with van der Waals surface area (Å²) in [6.45, 7) is 0.227. The van der Waals surface area contributed by atoms with Gasteiger partial charge >= 0.3 is 6.36 Å². The fraction of sp³-hybridized carbons (Fsp3) is 0.278. The SMILES string of the molecule is [NH3+][C@H]1Cn2c(nc3ccc(OC(F)(F)F)cc32)C[C@@H]1c1cc(F)c(F)cc1F. The molecule has 1 aliphatic heterocycles. The van der Waals surface area contributed by atoms with E-state index in [1.54, 1.807) is 4.57 Å². The number of benzene rings is 2. The topological polar surface area (TPSA) is 54.7 Å². The van der Waals surface area contributed by atoms with Gasteiger partial charge in [0.1, 0.15) is 23.4 Å². The van der Waals surface area contributed by atoms with Crippen LogP contribution in [-0.4, -0.2) is 22.0 Å². The number of ether oxygens (including phenoxy) is 1. The van der Waals surface area contributed by atoms with Gasteiger partial charge in [-0.05, 0) is 18.2 Å². The van der Waals surface area contributed by atoms with Crippen LogP contribution in [0.2, 0.25) is 0 Å². The lowest BCUT2D eigenvalue weighted by atomic mass is 9.86. The Hall–Kier alpha value is -2.75. The third-order valence-electron chi connectivity index (χ3n) is 4.86. The Balaban J connectivity index is 1.72. The highest BCUT2D eigenvalue weighted by molar-refractivity contribution is 5.78. The molecule has 2 aromatic carbocycles. The second kappa shape index (κ2) is 6.40. The van der Waals surface area contributed by atoms with Crippen molar-refractivity contribution in [2.24, 2.45) is 0 Å². The van der Waals surface area contributed by atoms with Gasteiger partial charge in [0.05, 0.1) is 17.6 Å². The zero-order valence-corrected chi connectivity index (χ0v) is 14.2. The number of quaternary nitrogens is 1. The lowest BCUT2D eigenvalue weighted by Crippen LogP contribution is -2.67. The van der Waals surface area contributed by atoms with Gasteiger partial charge in [0, 0.05) is 30.0 Å². The van der Waals surface area contributed by atoms with Crippen molar-refractivity contribution in [1.29, 1.82) is 0 Å². The van der Waals surface area contributed by atoms with Crippen molar-refractivity contribution >= 4 is 11.0 Å². The van der Waals surface area contributed by atoms with Gasteiger partial charge in [-0.25, -0.2) is 18.2 Å². The van der Waals surface area contributed by atoms with Crippen molar-refractivity contribution in [1.82, 2.24) is 9.55 Å². The van der Waals surface area contributed by atoms with E-state index in [2.05, 4.69) is 15.5 Å². The monoisotopic (exact) mass is 402 g/mol. The van der Waals surface area contributed by atoms with E-state index in [0.29, 0.717) is 22.9 Å². The van der Waals surface area contributed by atoms with E-state index in [0.717, 1.165) is 12.1 Å². The largest absolute Gasteiger partial charge is 0.573 e. The number of halogens is 6. The minimum atomic E-state index is -4.82. The molecule has 3 N–H and O–H groups in total. The van der Waals surface area contributed by atoms with Crippen LogP contribution in [0.15, 0.2) is 30.3 Å². The molecule has 0 radical (unpaired) electrons. The minimum absolute atomic E-state index is 0.00157. The van der Waals surface area contributed by atoms with Gasteiger partial charge in [0.25, 0.3) is 0 Å². The van der Waals surface area contributed by atoms with E-state index in [1.807, 2.05) is 0 Å². The molecule has 4 rings (SSSR count). The first-order valence-electron chi connectivity index (χ1n) is 8.35. The second-order valence-electron chi connectivity index (χ2n) is 6.70.